The second kappa shape index (κ2) is 8.82. The van der Waals surface area contributed by atoms with E-state index in [4.69, 9.17) is 0 Å². The van der Waals surface area contributed by atoms with Crippen molar-refractivity contribution in [3.8, 4) is 0 Å². The maximum Gasteiger partial charge on any atom is 0.0776 e. The first-order chi connectivity index (χ1) is 11.3. The van der Waals surface area contributed by atoms with Gasteiger partial charge in [0, 0.05) is 19.1 Å². The fourth-order valence-electron chi connectivity index (χ4n) is 5.12. The molecule has 0 aromatic heterocycles. The van der Waals surface area contributed by atoms with E-state index >= 15 is 0 Å². The Bertz CT molecular complexity index is 344. The number of fused-ring (bicyclic) bond motifs is 3. The van der Waals surface area contributed by atoms with E-state index in [0.717, 1.165) is 0 Å². The first-order valence-corrected chi connectivity index (χ1v) is 10.6. The van der Waals surface area contributed by atoms with Gasteiger partial charge >= 0.3 is 0 Å². The van der Waals surface area contributed by atoms with E-state index in [1.54, 1.807) is 0 Å². The van der Waals surface area contributed by atoms with Gasteiger partial charge in [-0.3, -0.25) is 4.90 Å². The summed E-state index contributed by atoms with van der Waals surface area (Å²) in [6.45, 7) is 7.43. The maximum absolute atomic E-state index is 2.91. The molecule has 3 nitrogen and oxygen atoms in total. The van der Waals surface area contributed by atoms with Crippen molar-refractivity contribution in [1.82, 2.24) is 14.9 Å². The number of rotatable bonds is 1. The van der Waals surface area contributed by atoms with Gasteiger partial charge in [-0.2, -0.15) is 0 Å². The fourth-order valence-corrected chi connectivity index (χ4v) is 5.12. The van der Waals surface area contributed by atoms with Gasteiger partial charge in [-0.1, -0.05) is 57.8 Å². The standard InChI is InChI=1S/C20H39N3/c1-18(2)23-20-15-11-7-5-8-12-16-21(20)19-14-10-6-3-4-9-13-17-22(19)23/h18-20H,3-17H2,1-2H3. The van der Waals surface area contributed by atoms with Crippen molar-refractivity contribution in [2.45, 2.75) is 116 Å². The highest BCUT2D eigenvalue weighted by molar-refractivity contribution is 4.89. The van der Waals surface area contributed by atoms with Crippen molar-refractivity contribution in [2.24, 2.45) is 0 Å². The van der Waals surface area contributed by atoms with Gasteiger partial charge in [0.25, 0.3) is 0 Å². The van der Waals surface area contributed by atoms with Crippen LogP contribution in [0, 0.1) is 0 Å². The first-order valence-electron chi connectivity index (χ1n) is 10.6. The Balaban J connectivity index is 1.81. The van der Waals surface area contributed by atoms with Gasteiger partial charge in [-0.25, -0.2) is 10.0 Å². The first kappa shape index (κ1) is 17.7. The molecule has 0 saturated carbocycles. The molecule has 3 heteroatoms. The van der Waals surface area contributed by atoms with Crippen LogP contribution >= 0.6 is 0 Å². The zero-order chi connectivity index (χ0) is 16.1. The molecule has 2 atom stereocenters. The monoisotopic (exact) mass is 321 g/mol. The van der Waals surface area contributed by atoms with Crippen LogP contribution in [0.1, 0.15) is 97.3 Å². The predicted octanol–water partition coefficient (Wildman–Crippen LogP) is 4.98. The number of hydrazine groups is 1. The number of nitrogens with zero attached hydrogens (tertiary/aromatic N) is 3. The minimum absolute atomic E-state index is 0.635. The molecule has 0 bridgehead atoms. The molecule has 0 aromatic carbocycles. The van der Waals surface area contributed by atoms with Gasteiger partial charge in [0.1, 0.15) is 0 Å². The smallest absolute Gasteiger partial charge is 0.0776 e. The van der Waals surface area contributed by atoms with E-state index in [2.05, 4.69) is 28.8 Å². The minimum atomic E-state index is 0.635. The Morgan fingerprint density at radius 2 is 1.13 bits per heavy atom. The third kappa shape index (κ3) is 4.29. The van der Waals surface area contributed by atoms with Gasteiger partial charge in [-0.05, 0) is 39.5 Å². The lowest BCUT2D eigenvalue weighted by molar-refractivity contribution is -0.0577. The van der Waals surface area contributed by atoms with Gasteiger partial charge < -0.3 is 0 Å². The highest BCUT2D eigenvalue weighted by Crippen LogP contribution is 2.35. The Labute approximate surface area is 144 Å². The van der Waals surface area contributed by atoms with E-state index in [9.17, 15) is 0 Å². The van der Waals surface area contributed by atoms with Crippen molar-refractivity contribution < 1.29 is 0 Å². The second-order valence-corrected chi connectivity index (χ2v) is 8.30. The van der Waals surface area contributed by atoms with Crippen LogP contribution in [0.3, 0.4) is 0 Å². The molecule has 3 aliphatic heterocycles. The van der Waals surface area contributed by atoms with Crippen LogP contribution in [0.25, 0.3) is 0 Å². The Kier molecular flexibility index (Phi) is 6.79. The maximum atomic E-state index is 2.91. The van der Waals surface area contributed by atoms with Crippen molar-refractivity contribution >= 4 is 0 Å². The largest absolute Gasteiger partial charge is 0.270 e. The lowest BCUT2D eigenvalue weighted by Gasteiger charge is -2.36. The Morgan fingerprint density at radius 3 is 1.78 bits per heavy atom. The van der Waals surface area contributed by atoms with E-state index in [1.165, 1.54) is 96.6 Å². The van der Waals surface area contributed by atoms with Crippen LogP contribution in [-0.4, -0.2) is 46.4 Å². The minimum Gasteiger partial charge on any atom is -0.270 e. The molecule has 0 aromatic rings. The molecule has 134 valence electrons. The Morgan fingerprint density at radius 1 is 0.609 bits per heavy atom. The molecule has 23 heavy (non-hydrogen) atoms. The van der Waals surface area contributed by atoms with Crippen molar-refractivity contribution in [1.29, 1.82) is 0 Å². The number of hydrogen-bond donors (Lipinski definition) is 0. The second-order valence-electron chi connectivity index (χ2n) is 8.30. The molecule has 3 fully saturated rings. The average molecular weight is 322 g/mol. The summed E-state index contributed by atoms with van der Waals surface area (Å²) in [5.74, 6) is 0. The van der Waals surface area contributed by atoms with Gasteiger partial charge in [0.2, 0.25) is 0 Å². The third-order valence-electron chi connectivity index (χ3n) is 6.22. The summed E-state index contributed by atoms with van der Waals surface area (Å²) in [7, 11) is 0. The summed E-state index contributed by atoms with van der Waals surface area (Å²) < 4.78 is 0. The Hall–Kier alpha value is -0.120. The topological polar surface area (TPSA) is 9.72 Å². The van der Waals surface area contributed by atoms with Crippen molar-refractivity contribution in [3.05, 3.63) is 0 Å². The van der Waals surface area contributed by atoms with Gasteiger partial charge in [-0.15, -0.1) is 0 Å². The van der Waals surface area contributed by atoms with Crippen LogP contribution in [0.4, 0.5) is 0 Å². The molecular formula is C20H39N3. The van der Waals surface area contributed by atoms with E-state index in [1.807, 2.05) is 0 Å². The van der Waals surface area contributed by atoms with Crippen molar-refractivity contribution in [2.75, 3.05) is 13.1 Å². The zero-order valence-corrected chi connectivity index (χ0v) is 15.7. The molecule has 0 spiro atoms. The van der Waals surface area contributed by atoms with Crippen LogP contribution in [0.2, 0.25) is 0 Å². The molecule has 3 saturated heterocycles. The highest BCUT2D eigenvalue weighted by Gasteiger charge is 2.45. The van der Waals surface area contributed by atoms with Crippen LogP contribution in [0.5, 0.6) is 0 Å². The molecule has 0 amide bonds. The summed E-state index contributed by atoms with van der Waals surface area (Å²) in [5, 5.41) is 5.60. The fraction of sp³-hybridized carbons (Fsp3) is 1.00. The molecule has 3 rings (SSSR count). The summed E-state index contributed by atoms with van der Waals surface area (Å²) in [6, 6.07) is 0.635. The van der Waals surface area contributed by atoms with Crippen LogP contribution < -0.4 is 0 Å². The van der Waals surface area contributed by atoms with Crippen LogP contribution in [-0.2, 0) is 0 Å². The van der Waals surface area contributed by atoms with E-state index in [0.29, 0.717) is 18.4 Å². The summed E-state index contributed by atoms with van der Waals surface area (Å²) in [4.78, 5) is 2.91. The number of hydrogen-bond acceptors (Lipinski definition) is 3. The lowest BCUT2D eigenvalue weighted by atomic mass is 10.1. The van der Waals surface area contributed by atoms with E-state index < -0.39 is 0 Å². The molecule has 3 heterocycles. The van der Waals surface area contributed by atoms with Gasteiger partial charge in [0.05, 0.1) is 12.3 Å². The SMILES string of the molecule is CC(C)N1C2CCCCCCCN2C2CCCCCCCCN21. The van der Waals surface area contributed by atoms with Crippen molar-refractivity contribution in [3.63, 3.8) is 0 Å². The molecule has 0 aliphatic carbocycles. The average Bonchev–Trinajstić information content (AvgIpc) is 2.88. The molecule has 2 unspecified atom stereocenters. The summed E-state index contributed by atoms with van der Waals surface area (Å²) in [5.41, 5.74) is 0. The third-order valence-corrected chi connectivity index (χ3v) is 6.22. The normalized spacial score (nSPS) is 33.5. The van der Waals surface area contributed by atoms with E-state index in [-0.39, 0.29) is 0 Å². The quantitative estimate of drug-likeness (QED) is 0.674. The van der Waals surface area contributed by atoms with Gasteiger partial charge in [0.15, 0.2) is 0 Å². The molecule has 3 aliphatic rings. The lowest BCUT2D eigenvalue weighted by Crippen LogP contribution is -2.48. The zero-order valence-electron chi connectivity index (χ0n) is 15.7. The molecule has 0 N–H and O–H groups in total. The molecule has 0 radical (unpaired) electrons. The van der Waals surface area contributed by atoms with Crippen LogP contribution in [0.15, 0.2) is 0 Å². The summed E-state index contributed by atoms with van der Waals surface area (Å²) >= 11 is 0. The summed E-state index contributed by atoms with van der Waals surface area (Å²) in [6.07, 6.45) is 19.9. The highest BCUT2D eigenvalue weighted by atomic mass is 15.8. The predicted molar refractivity (Wildman–Crippen MR) is 98.0 cm³/mol. The molecular weight excluding hydrogens is 282 g/mol.